The monoisotopic (exact) mass is 337 g/mol. The van der Waals surface area contributed by atoms with Crippen molar-refractivity contribution in [1.29, 1.82) is 0 Å². The lowest BCUT2D eigenvalue weighted by atomic mass is 10.0. The van der Waals surface area contributed by atoms with Gasteiger partial charge in [-0.3, -0.25) is 4.90 Å². The van der Waals surface area contributed by atoms with E-state index in [9.17, 15) is 13.2 Å². The second-order valence-corrected chi connectivity index (χ2v) is 8.39. The van der Waals surface area contributed by atoms with E-state index < -0.39 is 9.84 Å². The van der Waals surface area contributed by atoms with Crippen molar-refractivity contribution in [3.8, 4) is 0 Å². The van der Waals surface area contributed by atoms with E-state index in [0.29, 0.717) is 6.54 Å². The van der Waals surface area contributed by atoms with E-state index in [0.717, 1.165) is 25.2 Å². The molecule has 0 aromatic heterocycles. The van der Waals surface area contributed by atoms with Crippen LogP contribution in [0.2, 0.25) is 0 Å². The summed E-state index contributed by atoms with van der Waals surface area (Å²) in [6.07, 6.45) is 0.986. The van der Waals surface area contributed by atoms with Crippen LogP contribution in [0.15, 0.2) is 30.3 Å². The highest BCUT2D eigenvalue weighted by molar-refractivity contribution is 7.91. The molecule has 1 N–H and O–H groups in total. The van der Waals surface area contributed by atoms with Crippen molar-refractivity contribution in [1.82, 2.24) is 9.80 Å². The summed E-state index contributed by atoms with van der Waals surface area (Å²) in [5, 5.41) is 2.87. The fraction of sp³-hybridized carbons (Fsp3) is 0.562. The molecule has 23 heavy (non-hydrogen) atoms. The van der Waals surface area contributed by atoms with Crippen molar-refractivity contribution in [2.75, 3.05) is 36.5 Å². The molecule has 0 unspecified atom stereocenters. The standard InChI is InChI=1S/C16H23N3O3S/c1-2-8-18-9-10-19(15-12-23(21,22)11-14(15)18)16(20)17-13-6-4-3-5-7-13/h3-7,14-15H,2,8-12H2,1H3,(H,17,20)/t14-,15+/m0/s1. The molecule has 2 atom stereocenters. The Morgan fingerprint density at radius 3 is 2.57 bits per heavy atom. The second-order valence-electron chi connectivity index (χ2n) is 6.24. The quantitative estimate of drug-likeness (QED) is 0.905. The first-order valence-corrected chi connectivity index (χ1v) is 9.89. The zero-order valence-corrected chi connectivity index (χ0v) is 14.1. The molecule has 1 aromatic rings. The average molecular weight is 337 g/mol. The SMILES string of the molecule is CCCN1CCN(C(=O)Nc2ccccc2)[C@@H]2CS(=O)(=O)C[C@@H]21. The summed E-state index contributed by atoms with van der Waals surface area (Å²) in [5.41, 5.74) is 0.728. The molecule has 2 heterocycles. The molecular formula is C16H23N3O3S. The Hall–Kier alpha value is -1.60. The Morgan fingerprint density at radius 1 is 1.17 bits per heavy atom. The molecule has 126 valence electrons. The smallest absolute Gasteiger partial charge is 0.318 e. The molecule has 2 fully saturated rings. The Labute approximate surface area is 137 Å². The van der Waals surface area contributed by atoms with Crippen LogP contribution >= 0.6 is 0 Å². The van der Waals surface area contributed by atoms with Gasteiger partial charge in [0.1, 0.15) is 0 Å². The maximum Gasteiger partial charge on any atom is 0.322 e. The molecule has 0 radical (unpaired) electrons. The minimum absolute atomic E-state index is 0.0695. The molecule has 0 saturated carbocycles. The third-order valence-electron chi connectivity index (χ3n) is 4.59. The molecule has 3 rings (SSSR count). The van der Waals surface area contributed by atoms with Crippen LogP contribution in [-0.2, 0) is 9.84 Å². The molecule has 2 aliphatic rings. The van der Waals surface area contributed by atoms with E-state index in [1.165, 1.54) is 0 Å². The minimum atomic E-state index is -3.08. The maximum absolute atomic E-state index is 12.6. The number of nitrogens with zero attached hydrogens (tertiary/aromatic N) is 2. The van der Waals surface area contributed by atoms with Gasteiger partial charge < -0.3 is 10.2 Å². The summed E-state index contributed by atoms with van der Waals surface area (Å²) >= 11 is 0. The summed E-state index contributed by atoms with van der Waals surface area (Å²) in [6, 6.07) is 8.73. The third-order valence-corrected chi connectivity index (χ3v) is 6.29. The van der Waals surface area contributed by atoms with Gasteiger partial charge in [-0.25, -0.2) is 13.2 Å². The highest BCUT2D eigenvalue weighted by atomic mass is 32.2. The summed E-state index contributed by atoms with van der Waals surface area (Å²) < 4.78 is 24.2. The number of benzene rings is 1. The minimum Gasteiger partial charge on any atom is -0.318 e. The summed E-state index contributed by atoms with van der Waals surface area (Å²) in [6.45, 7) is 4.26. The summed E-state index contributed by atoms with van der Waals surface area (Å²) in [4.78, 5) is 16.5. The van der Waals surface area contributed by atoms with Gasteiger partial charge in [0.15, 0.2) is 9.84 Å². The van der Waals surface area contributed by atoms with Crippen LogP contribution in [0.4, 0.5) is 10.5 Å². The zero-order valence-electron chi connectivity index (χ0n) is 13.3. The number of hydrogen-bond donors (Lipinski definition) is 1. The van der Waals surface area contributed by atoms with Gasteiger partial charge >= 0.3 is 6.03 Å². The normalized spacial score (nSPS) is 26.7. The predicted molar refractivity (Wildman–Crippen MR) is 90.3 cm³/mol. The van der Waals surface area contributed by atoms with Gasteiger partial charge in [0.05, 0.1) is 17.5 Å². The number of carbonyl (C=O) groups excluding carboxylic acids is 1. The fourth-order valence-electron chi connectivity index (χ4n) is 3.56. The number of sulfone groups is 1. The summed E-state index contributed by atoms with van der Waals surface area (Å²) in [7, 11) is -3.08. The fourth-order valence-corrected chi connectivity index (χ4v) is 5.57. The van der Waals surface area contributed by atoms with Gasteiger partial charge in [-0.1, -0.05) is 25.1 Å². The third kappa shape index (κ3) is 3.50. The van der Waals surface area contributed by atoms with E-state index in [-0.39, 0.29) is 29.6 Å². The highest BCUT2D eigenvalue weighted by Crippen LogP contribution is 2.27. The number of urea groups is 1. The van der Waals surface area contributed by atoms with Crippen molar-refractivity contribution in [3.63, 3.8) is 0 Å². The van der Waals surface area contributed by atoms with Gasteiger partial charge in [0.2, 0.25) is 0 Å². The molecule has 6 nitrogen and oxygen atoms in total. The number of carbonyl (C=O) groups is 1. The van der Waals surface area contributed by atoms with Crippen LogP contribution in [0.3, 0.4) is 0 Å². The van der Waals surface area contributed by atoms with E-state index in [1.54, 1.807) is 4.90 Å². The van der Waals surface area contributed by atoms with E-state index in [2.05, 4.69) is 17.1 Å². The predicted octanol–water partition coefficient (Wildman–Crippen LogP) is 1.41. The van der Waals surface area contributed by atoms with E-state index in [1.807, 2.05) is 30.3 Å². The van der Waals surface area contributed by atoms with Crippen LogP contribution < -0.4 is 5.32 Å². The molecule has 0 spiro atoms. The van der Waals surface area contributed by atoms with Crippen molar-refractivity contribution in [2.45, 2.75) is 25.4 Å². The number of anilines is 1. The Bertz CT molecular complexity index is 662. The molecule has 7 heteroatoms. The Balaban J connectivity index is 1.76. The number of para-hydroxylation sites is 1. The van der Waals surface area contributed by atoms with Crippen LogP contribution in [0, 0.1) is 0 Å². The number of nitrogens with one attached hydrogen (secondary N) is 1. The van der Waals surface area contributed by atoms with Crippen LogP contribution in [0.1, 0.15) is 13.3 Å². The molecular weight excluding hydrogens is 314 g/mol. The van der Waals surface area contributed by atoms with Gasteiger partial charge in [-0.05, 0) is 25.1 Å². The first kappa shape index (κ1) is 16.3. The van der Waals surface area contributed by atoms with E-state index >= 15 is 0 Å². The zero-order chi connectivity index (χ0) is 16.4. The number of hydrogen-bond acceptors (Lipinski definition) is 4. The topological polar surface area (TPSA) is 69.7 Å². The van der Waals surface area contributed by atoms with E-state index in [4.69, 9.17) is 0 Å². The highest BCUT2D eigenvalue weighted by Gasteiger charge is 2.47. The molecule has 1 aromatic carbocycles. The lowest BCUT2D eigenvalue weighted by Crippen LogP contribution is -2.61. The number of rotatable bonds is 3. The maximum atomic E-state index is 12.6. The van der Waals surface area contributed by atoms with Crippen LogP contribution in [0.5, 0.6) is 0 Å². The van der Waals surface area contributed by atoms with Crippen molar-refractivity contribution >= 4 is 21.6 Å². The van der Waals surface area contributed by atoms with Gasteiger partial charge in [0.25, 0.3) is 0 Å². The average Bonchev–Trinajstić information content (AvgIpc) is 2.84. The molecule has 2 aliphatic heterocycles. The number of fused-ring (bicyclic) bond motifs is 1. The van der Waals surface area contributed by atoms with Crippen molar-refractivity contribution < 1.29 is 13.2 Å². The molecule has 0 bridgehead atoms. The van der Waals surface area contributed by atoms with Crippen molar-refractivity contribution in [3.05, 3.63) is 30.3 Å². The van der Waals surface area contributed by atoms with Crippen LogP contribution in [0.25, 0.3) is 0 Å². The first-order chi connectivity index (χ1) is 11.0. The largest absolute Gasteiger partial charge is 0.322 e. The number of amides is 2. The lowest BCUT2D eigenvalue weighted by molar-refractivity contribution is 0.0706. The number of piperazine rings is 1. The van der Waals surface area contributed by atoms with Gasteiger partial charge in [-0.15, -0.1) is 0 Å². The summed E-state index contributed by atoms with van der Waals surface area (Å²) in [5.74, 6) is 0.229. The molecule has 2 saturated heterocycles. The van der Waals surface area contributed by atoms with Crippen molar-refractivity contribution in [2.24, 2.45) is 0 Å². The molecule has 0 aliphatic carbocycles. The lowest BCUT2D eigenvalue weighted by Gasteiger charge is -2.43. The van der Waals surface area contributed by atoms with Crippen LogP contribution in [-0.4, -0.2) is 67.5 Å². The second kappa shape index (κ2) is 6.49. The Kier molecular flexibility index (Phi) is 4.59. The first-order valence-electron chi connectivity index (χ1n) is 8.07. The Morgan fingerprint density at radius 2 is 1.87 bits per heavy atom. The van der Waals surface area contributed by atoms with Gasteiger partial charge in [0, 0.05) is 24.8 Å². The molecule has 2 amide bonds. The van der Waals surface area contributed by atoms with Gasteiger partial charge in [-0.2, -0.15) is 0 Å².